The first-order valence-corrected chi connectivity index (χ1v) is 5.69. The number of aryl methyl sites for hydroxylation is 1. The summed E-state index contributed by atoms with van der Waals surface area (Å²) in [5.74, 6) is -2.87. The normalized spacial score (nSPS) is 11.8. The third-order valence-corrected chi connectivity index (χ3v) is 2.55. The molecule has 8 heteroatoms. The lowest BCUT2D eigenvalue weighted by molar-refractivity contribution is -0.385. The summed E-state index contributed by atoms with van der Waals surface area (Å²) >= 11 is 0. The molecular formula is C12H13FN2O5. The number of hydrogen-bond donors (Lipinski definition) is 2. The van der Waals surface area contributed by atoms with E-state index in [1.165, 1.54) is 13.8 Å². The molecule has 0 bridgehead atoms. The van der Waals surface area contributed by atoms with Crippen LogP contribution in [0.2, 0.25) is 0 Å². The van der Waals surface area contributed by atoms with E-state index in [1.807, 2.05) is 0 Å². The van der Waals surface area contributed by atoms with E-state index in [4.69, 9.17) is 5.11 Å². The number of aliphatic carboxylic acids is 1. The van der Waals surface area contributed by atoms with Gasteiger partial charge in [-0.1, -0.05) is 0 Å². The minimum Gasteiger partial charge on any atom is -0.481 e. The molecule has 108 valence electrons. The number of carboxylic acids is 1. The number of nitrogens with zero attached hydrogens (tertiary/aromatic N) is 1. The molecular weight excluding hydrogens is 271 g/mol. The molecule has 20 heavy (non-hydrogen) atoms. The van der Waals surface area contributed by atoms with Gasteiger partial charge in [-0.05, 0) is 19.4 Å². The van der Waals surface area contributed by atoms with Crippen molar-refractivity contribution in [2.24, 2.45) is 0 Å². The van der Waals surface area contributed by atoms with Crippen LogP contribution in [-0.2, 0) is 4.79 Å². The summed E-state index contributed by atoms with van der Waals surface area (Å²) in [6, 6.07) is 1.12. The fraction of sp³-hybridized carbons (Fsp3) is 0.333. The molecule has 0 saturated heterocycles. The van der Waals surface area contributed by atoms with Crippen LogP contribution in [0.5, 0.6) is 0 Å². The molecule has 0 aromatic heterocycles. The molecule has 1 unspecified atom stereocenters. The molecule has 1 aromatic rings. The van der Waals surface area contributed by atoms with Gasteiger partial charge in [0.15, 0.2) is 0 Å². The monoisotopic (exact) mass is 284 g/mol. The van der Waals surface area contributed by atoms with E-state index in [1.54, 1.807) is 0 Å². The van der Waals surface area contributed by atoms with Gasteiger partial charge in [0, 0.05) is 18.2 Å². The van der Waals surface area contributed by atoms with E-state index < -0.39 is 39.9 Å². The second-order valence-electron chi connectivity index (χ2n) is 4.35. The number of carbonyl (C=O) groups is 2. The van der Waals surface area contributed by atoms with Crippen LogP contribution >= 0.6 is 0 Å². The van der Waals surface area contributed by atoms with Crippen molar-refractivity contribution in [1.29, 1.82) is 0 Å². The minimum absolute atomic E-state index is 0.0322. The summed E-state index contributed by atoms with van der Waals surface area (Å²) in [5.41, 5.74) is -0.913. The van der Waals surface area contributed by atoms with E-state index in [2.05, 4.69) is 5.32 Å². The first kappa shape index (κ1) is 15.5. The maximum Gasteiger partial charge on any atom is 0.305 e. The number of amides is 1. The number of halogens is 1. The summed E-state index contributed by atoms with van der Waals surface area (Å²) in [6.07, 6.45) is -0.332. The Morgan fingerprint density at radius 3 is 2.60 bits per heavy atom. The average Bonchev–Trinajstić information content (AvgIpc) is 2.30. The molecule has 7 nitrogen and oxygen atoms in total. The summed E-state index contributed by atoms with van der Waals surface area (Å²) in [4.78, 5) is 32.2. The van der Waals surface area contributed by atoms with Crippen LogP contribution in [0.4, 0.5) is 10.1 Å². The summed E-state index contributed by atoms with van der Waals surface area (Å²) < 4.78 is 13.8. The van der Waals surface area contributed by atoms with Gasteiger partial charge in [-0.3, -0.25) is 19.7 Å². The van der Waals surface area contributed by atoms with Gasteiger partial charge in [-0.15, -0.1) is 0 Å². The number of carbonyl (C=O) groups excluding carboxylic acids is 1. The molecule has 1 atom stereocenters. The van der Waals surface area contributed by atoms with Crippen molar-refractivity contribution in [1.82, 2.24) is 5.32 Å². The van der Waals surface area contributed by atoms with Crippen molar-refractivity contribution in [3.8, 4) is 0 Å². The number of carboxylic acid groups (broad SMARTS) is 1. The zero-order valence-electron chi connectivity index (χ0n) is 10.8. The zero-order valence-corrected chi connectivity index (χ0v) is 10.8. The lowest BCUT2D eigenvalue weighted by Crippen LogP contribution is -2.34. The van der Waals surface area contributed by atoms with Gasteiger partial charge in [0.1, 0.15) is 5.82 Å². The highest BCUT2D eigenvalue weighted by Gasteiger charge is 2.21. The van der Waals surface area contributed by atoms with E-state index in [0.717, 1.165) is 12.1 Å². The highest BCUT2D eigenvalue weighted by atomic mass is 19.1. The highest BCUT2D eigenvalue weighted by Crippen LogP contribution is 2.21. The molecule has 1 rings (SSSR count). The smallest absolute Gasteiger partial charge is 0.305 e. The van der Waals surface area contributed by atoms with Crippen molar-refractivity contribution in [3.63, 3.8) is 0 Å². The molecule has 0 spiro atoms. The van der Waals surface area contributed by atoms with Crippen molar-refractivity contribution in [2.45, 2.75) is 26.3 Å². The minimum atomic E-state index is -1.12. The first-order valence-electron chi connectivity index (χ1n) is 5.69. The molecule has 0 aliphatic rings. The first-order chi connectivity index (χ1) is 9.22. The predicted molar refractivity (Wildman–Crippen MR) is 67.0 cm³/mol. The number of nitro benzene ring substituents is 1. The van der Waals surface area contributed by atoms with Crippen LogP contribution < -0.4 is 5.32 Å². The van der Waals surface area contributed by atoms with Crippen molar-refractivity contribution < 1.29 is 24.0 Å². The van der Waals surface area contributed by atoms with E-state index in [-0.39, 0.29) is 12.0 Å². The Hall–Kier alpha value is -2.51. The summed E-state index contributed by atoms with van der Waals surface area (Å²) in [6.45, 7) is 2.74. The van der Waals surface area contributed by atoms with Gasteiger partial charge in [0.05, 0.1) is 16.9 Å². The number of nitrogens with one attached hydrogen (secondary N) is 1. The van der Waals surface area contributed by atoms with Crippen LogP contribution in [-0.4, -0.2) is 27.9 Å². The Morgan fingerprint density at radius 2 is 2.10 bits per heavy atom. The molecule has 0 fully saturated rings. The molecule has 2 N–H and O–H groups in total. The zero-order chi connectivity index (χ0) is 15.4. The number of nitro groups is 1. The molecule has 0 aliphatic heterocycles. The summed E-state index contributed by atoms with van der Waals surface area (Å²) in [5, 5.41) is 21.5. The number of benzene rings is 1. The second-order valence-corrected chi connectivity index (χ2v) is 4.35. The maximum absolute atomic E-state index is 13.8. The van der Waals surface area contributed by atoms with Gasteiger partial charge in [-0.2, -0.15) is 0 Å². The number of rotatable bonds is 5. The van der Waals surface area contributed by atoms with Crippen LogP contribution in [0.25, 0.3) is 0 Å². The Bertz CT molecular complexity index is 573. The van der Waals surface area contributed by atoms with Crippen LogP contribution in [0.15, 0.2) is 12.1 Å². The third kappa shape index (κ3) is 3.74. The third-order valence-electron chi connectivity index (χ3n) is 2.55. The van der Waals surface area contributed by atoms with E-state index in [0.29, 0.717) is 0 Å². The largest absolute Gasteiger partial charge is 0.481 e. The van der Waals surface area contributed by atoms with Gasteiger partial charge < -0.3 is 10.4 Å². The van der Waals surface area contributed by atoms with Gasteiger partial charge in [-0.25, -0.2) is 4.39 Å². The quantitative estimate of drug-likeness (QED) is 0.631. The Labute approximate surface area is 113 Å². The predicted octanol–water partition coefficient (Wildman–Crippen LogP) is 1.64. The Morgan fingerprint density at radius 1 is 1.50 bits per heavy atom. The van der Waals surface area contributed by atoms with Crippen molar-refractivity contribution in [2.75, 3.05) is 0 Å². The molecule has 0 heterocycles. The topological polar surface area (TPSA) is 110 Å². The van der Waals surface area contributed by atoms with Crippen molar-refractivity contribution in [3.05, 3.63) is 39.2 Å². The summed E-state index contributed by atoms with van der Waals surface area (Å²) in [7, 11) is 0. The number of hydrogen-bond acceptors (Lipinski definition) is 4. The van der Waals surface area contributed by atoms with Crippen LogP contribution in [0, 0.1) is 22.9 Å². The number of non-ortho nitro benzene ring substituents is 1. The molecule has 0 saturated carbocycles. The van der Waals surface area contributed by atoms with E-state index >= 15 is 0 Å². The maximum atomic E-state index is 13.8. The van der Waals surface area contributed by atoms with E-state index in [9.17, 15) is 24.1 Å². The fourth-order valence-corrected chi connectivity index (χ4v) is 1.64. The fourth-order valence-electron chi connectivity index (χ4n) is 1.64. The molecule has 0 aliphatic carbocycles. The standard InChI is InChI=1S/C12H13FN2O5/c1-6-3-8(15(19)20)5-9(11(6)13)12(18)14-7(2)4-10(16)17/h3,5,7H,4H2,1-2H3,(H,14,18)(H,16,17). The van der Waals surface area contributed by atoms with Gasteiger partial charge in [0.2, 0.25) is 0 Å². The van der Waals surface area contributed by atoms with Crippen LogP contribution in [0.1, 0.15) is 29.3 Å². The molecule has 1 aromatic carbocycles. The van der Waals surface area contributed by atoms with Gasteiger partial charge in [0.25, 0.3) is 11.6 Å². The second kappa shape index (κ2) is 6.09. The Balaban J connectivity index is 3.03. The lowest BCUT2D eigenvalue weighted by atomic mass is 10.1. The van der Waals surface area contributed by atoms with Crippen molar-refractivity contribution >= 4 is 17.6 Å². The molecule has 0 radical (unpaired) electrons. The average molecular weight is 284 g/mol. The Kier molecular flexibility index (Phi) is 4.73. The van der Waals surface area contributed by atoms with Gasteiger partial charge >= 0.3 is 5.97 Å². The molecule has 1 amide bonds. The SMILES string of the molecule is Cc1cc([N+](=O)[O-])cc(C(=O)NC(C)CC(=O)O)c1F. The highest BCUT2D eigenvalue weighted by molar-refractivity contribution is 5.95. The lowest BCUT2D eigenvalue weighted by Gasteiger charge is -2.12. The van der Waals surface area contributed by atoms with Crippen LogP contribution in [0.3, 0.4) is 0 Å².